The molecule has 0 unspecified atom stereocenters. The second kappa shape index (κ2) is 7.57. The third kappa shape index (κ3) is 3.97. The molecule has 1 saturated heterocycles. The number of hydrogen-bond donors (Lipinski definition) is 2. The Bertz CT molecular complexity index is 855. The van der Waals surface area contributed by atoms with E-state index in [1.54, 1.807) is 43.3 Å². The molecule has 140 valence electrons. The van der Waals surface area contributed by atoms with Crippen molar-refractivity contribution in [3.63, 3.8) is 0 Å². The molecule has 0 saturated carbocycles. The van der Waals surface area contributed by atoms with E-state index in [4.69, 9.17) is 0 Å². The van der Waals surface area contributed by atoms with Crippen LogP contribution in [0, 0.1) is 5.82 Å². The minimum Gasteiger partial charge on any atom is -0.354 e. The predicted octanol–water partition coefficient (Wildman–Crippen LogP) is 1.95. The van der Waals surface area contributed by atoms with E-state index in [9.17, 15) is 18.8 Å². The van der Waals surface area contributed by atoms with Crippen molar-refractivity contribution in [1.82, 2.24) is 15.5 Å². The van der Waals surface area contributed by atoms with Gasteiger partial charge in [-0.05, 0) is 36.6 Å². The average Bonchev–Trinajstić information content (AvgIpc) is 2.88. The number of hydrogen-bond acceptors (Lipinski definition) is 3. The van der Waals surface area contributed by atoms with E-state index in [-0.39, 0.29) is 12.4 Å². The molecule has 3 rings (SSSR count). The Hall–Kier alpha value is -3.22. The number of carbonyl (C=O) groups excluding carboxylic acids is 3. The summed E-state index contributed by atoms with van der Waals surface area (Å²) in [7, 11) is 0. The first kappa shape index (κ1) is 18.6. The molecule has 0 bridgehead atoms. The van der Waals surface area contributed by atoms with Gasteiger partial charge in [-0.2, -0.15) is 0 Å². The van der Waals surface area contributed by atoms with Crippen molar-refractivity contribution in [2.24, 2.45) is 0 Å². The van der Waals surface area contributed by atoms with E-state index in [0.717, 1.165) is 10.5 Å². The summed E-state index contributed by atoms with van der Waals surface area (Å²) in [6, 6.07) is 14.3. The molecule has 7 heteroatoms. The van der Waals surface area contributed by atoms with Gasteiger partial charge in [0.05, 0.1) is 0 Å². The van der Waals surface area contributed by atoms with Crippen molar-refractivity contribution >= 4 is 17.8 Å². The van der Waals surface area contributed by atoms with Crippen LogP contribution in [0.15, 0.2) is 54.6 Å². The van der Waals surface area contributed by atoms with Gasteiger partial charge in [0, 0.05) is 6.54 Å². The highest BCUT2D eigenvalue weighted by Crippen LogP contribution is 2.28. The Morgan fingerprint density at radius 1 is 1.11 bits per heavy atom. The smallest absolute Gasteiger partial charge is 0.325 e. The van der Waals surface area contributed by atoms with Crippen LogP contribution < -0.4 is 10.6 Å². The van der Waals surface area contributed by atoms with E-state index in [1.807, 2.05) is 6.07 Å². The van der Waals surface area contributed by atoms with Crippen LogP contribution in [0.1, 0.15) is 18.1 Å². The first-order valence-electron chi connectivity index (χ1n) is 8.61. The van der Waals surface area contributed by atoms with Gasteiger partial charge < -0.3 is 10.6 Å². The summed E-state index contributed by atoms with van der Waals surface area (Å²) >= 11 is 0. The molecule has 1 heterocycles. The minimum atomic E-state index is -1.19. The van der Waals surface area contributed by atoms with Gasteiger partial charge in [0.2, 0.25) is 5.91 Å². The second-order valence-electron chi connectivity index (χ2n) is 6.54. The van der Waals surface area contributed by atoms with Crippen LogP contribution in [0.3, 0.4) is 0 Å². The van der Waals surface area contributed by atoms with Crippen LogP contribution in [-0.2, 0) is 21.5 Å². The highest BCUT2D eigenvalue weighted by Gasteiger charge is 2.49. The SMILES string of the molecule is C[C@]1(c2ccccc2)NC(=O)N(CC(=O)NCCc2ccc(F)cc2)C1=O. The molecule has 6 nitrogen and oxygen atoms in total. The van der Waals surface area contributed by atoms with Gasteiger partial charge in [-0.15, -0.1) is 0 Å². The Labute approximate surface area is 156 Å². The van der Waals surface area contributed by atoms with Gasteiger partial charge in [0.1, 0.15) is 17.9 Å². The van der Waals surface area contributed by atoms with Crippen LogP contribution in [0.2, 0.25) is 0 Å². The number of imide groups is 1. The molecule has 1 aliphatic heterocycles. The van der Waals surface area contributed by atoms with E-state index in [0.29, 0.717) is 18.5 Å². The first-order chi connectivity index (χ1) is 12.9. The summed E-state index contributed by atoms with van der Waals surface area (Å²) in [6.45, 7) is 1.59. The fourth-order valence-corrected chi connectivity index (χ4v) is 3.00. The van der Waals surface area contributed by atoms with Crippen LogP contribution in [-0.4, -0.2) is 35.8 Å². The largest absolute Gasteiger partial charge is 0.354 e. The molecule has 1 aliphatic rings. The monoisotopic (exact) mass is 369 g/mol. The Balaban J connectivity index is 1.57. The molecule has 1 fully saturated rings. The summed E-state index contributed by atoms with van der Waals surface area (Å²) < 4.78 is 12.9. The summed E-state index contributed by atoms with van der Waals surface area (Å²) in [6.07, 6.45) is 0.522. The third-order valence-corrected chi connectivity index (χ3v) is 4.58. The highest BCUT2D eigenvalue weighted by molar-refractivity contribution is 6.09. The Kier molecular flexibility index (Phi) is 5.21. The molecule has 0 radical (unpaired) electrons. The topological polar surface area (TPSA) is 78.5 Å². The second-order valence-corrected chi connectivity index (χ2v) is 6.54. The number of urea groups is 1. The fourth-order valence-electron chi connectivity index (χ4n) is 3.00. The van der Waals surface area contributed by atoms with Crippen LogP contribution >= 0.6 is 0 Å². The lowest BCUT2D eigenvalue weighted by Crippen LogP contribution is -2.43. The molecule has 27 heavy (non-hydrogen) atoms. The van der Waals surface area contributed by atoms with Gasteiger partial charge in [-0.1, -0.05) is 42.5 Å². The number of nitrogens with zero attached hydrogens (tertiary/aromatic N) is 1. The normalized spacial score (nSPS) is 19.1. The lowest BCUT2D eigenvalue weighted by Gasteiger charge is -2.22. The first-order valence-corrected chi connectivity index (χ1v) is 8.61. The van der Waals surface area contributed by atoms with Crippen molar-refractivity contribution in [2.75, 3.05) is 13.1 Å². The number of carbonyl (C=O) groups is 3. The number of amides is 4. The van der Waals surface area contributed by atoms with Crippen molar-refractivity contribution in [1.29, 1.82) is 0 Å². The summed E-state index contributed by atoms with van der Waals surface area (Å²) in [5.74, 6) is -1.21. The molecule has 2 aromatic rings. The molecular formula is C20H20FN3O3. The summed E-state index contributed by atoms with van der Waals surface area (Å²) in [5, 5.41) is 5.34. The fraction of sp³-hybridized carbons (Fsp3) is 0.250. The van der Waals surface area contributed by atoms with Gasteiger partial charge in [0.15, 0.2) is 0 Å². The van der Waals surface area contributed by atoms with Crippen molar-refractivity contribution in [2.45, 2.75) is 18.9 Å². The Morgan fingerprint density at radius 2 is 1.78 bits per heavy atom. The quantitative estimate of drug-likeness (QED) is 0.764. The Morgan fingerprint density at radius 3 is 2.44 bits per heavy atom. The summed E-state index contributed by atoms with van der Waals surface area (Å²) in [5.41, 5.74) is 0.345. The standard InChI is InChI=1S/C20H20FN3O3/c1-20(15-5-3-2-4-6-15)18(26)24(19(27)23-20)13-17(25)22-12-11-14-7-9-16(21)10-8-14/h2-10H,11-13H2,1H3,(H,22,25)(H,23,27)/t20-/m1/s1. The highest BCUT2D eigenvalue weighted by atomic mass is 19.1. The third-order valence-electron chi connectivity index (χ3n) is 4.58. The average molecular weight is 369 g/mol. The molecule has 0 aliphatic carbocycles. The van der Waals surface area contributed by atoms with Gasteiger partial charge in [0.25, 0.3) is 5.91 Å². The van der Waals surface area contributed by atoms with Gasteiger partial charge >= 0.3 is 6.03 Å². The maximum atomic E-state index is 12.9. The molecule has 2 N–H and O–H groups in total. The number of rotatable bonds is 6. The molecule has 0 spiro atoms. The molecule has 0 aromatic heterocycles. The van der Waals surface area contributed by atoms with E-state index in [2.05, 4.69) is 10.6 Å². The molecule has 1 atom stereocenters. The van der Waals surface area contributed by atoms with E-state index in [1.165, 1.54) is 12.1 Å². The number of halogens is 1. The maximum absolute atomic E-state index is 12.9. The number of nitrogens with one attached hydrogen (secondary N) is 2. The molecule has 2 aromatic carbocycles. The molecule has 4 amide bonds. The van der Waals surface area contributed by atoms with Crippen LogP contribution in [0.4, 0.5) is 9.18 Å². The zero-order valence-corrected chi connectivity index (χ0v) is 14.9. The minimum absolute atomic E-state index is 0.317. The van der Waals surface area contributed by atoms with Crippen molar-refractivity contribution in [3.8, 4) is 0 Å². The number of benzene rings is 2. The van der Waals surface area contributed by atoms with Crippen LogP contribution in [0.5, 0.6) is 0 Å². The van der Waals surface area contributed by atoms with Crippen molar-refractivity contribution < 1.29 is 18.8 Å². The van der Waals surface area contributed by atoms with Crippen molar-refractivity contribution in [3.05, 3.63) is 71.5 Å². The van der Waals surface area contributed by atoms with Gasteiger partial charge in [-0.25, -0.2) is 9.18 Å². The van der Waals surface area contributed by atoms with E-state index < -0.39 is 23.4 Å². The molecular weight excluding hydrogens is 349 g/mol. The zero-order valence-electron chi connectivity index (χ0n) is 14.9. The lowest BCUT2D eigenvalue weighted by atomic mass is 9.92. The zero-order chi connectivity index (χ0) is 19.4. The predicted molar refractivity (Wildman–Crippen MR) is 97.2 cm³/mol. The van der Waals surface area contributed by atoms with Gasteiger partial charge in [-0.3, -0.25) is 14.5 Å². The van der Waals surface area contributed by atoms with E-state index >= 15 is 0 Å². The maximum Gasteiger partial charge on any atom is 0.325 e. The summed E-state index contributed by atoms with van der Waals surface area (Å²) in [4.78, 5) is 38.0. The lowest BCUT2D eigenvalue weighted by molar-refractivity contribution is -0.134. The van der Waals surface area contributed by atoms with Crippen LogP contribution in [0.25, 0.3) is 0 Å².